The van der Waals surface area contributed by atoms with E-state index in [1.165, 1.54) is 11.3 Å². The van der Waals surface area contributed by atoms with Crippen molar-refractivity contribution in [3.05, 3.63) is 21.9 Å². The zero-order valence-corrected chi connectivity index (χ0v) is 9.06. The Kier molecular flexibility index (Phi) is 3.05. The second kappa shape index (κ2) is 4.47. The molecule has 0 saturated heterocycles. The van der Waals surface area contributed by atoms with E-state index in [1.807, 2.05) is 11.4 Å². The molecule has 1 fully saturated rings. The molecule has 2 rings (SSSR count). The second-order valence-corrected chi connectivity index (χ2v) is 4.36. The molecular weight excluding hydrogens is 208 g/mol. The van der Waals surface area contributed by atoms with Crippen LogP contribution in [-0.4, -0.2) is 18.5 Å². The van der Waals surface area contributed by atoms with Gasteiger partial charge in [-0.15, -0.1) is 11.3 Å². The summed E-state index contributed by atoms with van der Waals surface area (Å²) in [5, 5.41) is 4.77. The normalized spacial score (nSPS) is 14.2. The number of carbonyl (C=O) groups is 1. The van der Waals surface area contributed by atoms with Crippen molar-refractivity contribution >= 4 is 17.2 Å². The van der Waals surface area contributed by atoms with Crippen LogP contribution in [0.2, 0.25) is 0 Å². The summed E-state index contributed by atoms with van der Waals surface area (Å²) >= 11 is 1.48. The minimum Gasteiger partial charge on any atom is -0.349 e. The largest absolute Gasteiger partial charge is 0.349 e. The fourth-order valence-electron chi connectivity index (χ4n) is 1.16. The van der Waals surface area contributed by atoms with E-state index >= 15 is 0 Å². The fraction of sp³-hybridized carbons (Fsp3) is 0.364. The van der Waals surface area contributed by atoms with Crippen molar-refractivity contribution < 1.29 is 4.79 Å². The highest BCUT2D eigenvalue weighted by Gasteiger charge is 2.23. The van der Waals surface area contributed by atoms with Gasteiger partial charge in [-0.2, -0.15) is 0 Å². The van der Waals surface area contributed by atoms with Crippen molar-refractivity contribution in [2.45, 2.75) is 18.9 Å². The van der Waals surface area contributed by atoms with Gasteiger partial charge >= 0.3 is 0 Å². The monoisotopic (exact) mass is 220 g/mol. The fourth-order valence-corrected chi connectivity index (χ4v) is 1.91. The lowest BCUT2D eigenvalue weighted by Gasteiger charge is -1.98. The summed E-state index contributed by atoms with van der Waals surface area (Å²) in [6.07, 6.45) is 2.21. The molecule has 1 aromatic heterocycles. The molecule has 78 valence electrons. The first-order valence-corrected chi connectivity index (χ1v) is 5.76. The molecule has 1 aromatic rings. The quantitative estimate of drug-likeness (QED) is 0.729. The molecule has 0 radical (unpaired) electrons. The number of rotatable bonds is 2. The molecular formula is C11H12N2OS. The maximum absolute atomic E-state index is 11.6. The minimum absolute atomic E-state index is 0.00884. The second-order valence-electron chi connectivity index (χ2n) is 3.45. The summed E-state index contributed by atoms with van der Waals surface area (Å²) in [6, 6.07) is 2.21. The Morgan fingerprint density at radius 1 is 1.67 bits per heavy atom. The molecule has 0 atom stereocenters. The summed E-state index contributed by atoms with van der Waals surface area (Å²) in [5.74, 6) is 5.69. The third-order valence-corrected chi connectivity index (χ3v) is 2.93. The zero-order valence-electron chi connectivity index (χ0n) is 8.25. The lowest BCUT2D eigenvalue weighted by Crippen LogP contribution is -2.24. The van der Waals surface area contributed by atoms with E-state index in [2.05, 4.69) is 17.2 Å². The van der Waals surface area contributed by atoms with Crippen LogP contribution in [0.15, 0.2) is 11.4 Å². The lowest BCUT2D eigenvalue weighted by molar-refractivity contribution is 0.0951. The van der Waals surface area contributed by atoms with Crippen molar-refractivity contribution in [2.75, 3.05) is 6.54 Å². The summed E-state index contributed by atoms with van der Waals surface area (Å²) in [4.78, 5) is 12.5. The topological polar surface area (TPSA) is 55.1 Å². The van der Waals surface area contributed by atoms with Crippen molar-refractivity contribution in [3.63, 3.8) is 0 Å². The molecule has 0 aliphatic heterocycles. The van der Waals surface area contributed by atoms with Gasteiger partial charge in [0.25, 0.3) is 5.91 Å². The van der Waals surface area contributed by atoms with Crippen LogP contribution in [-0.2, 0) is 0 Å². The lowest BCUT2D eigenvalue weighted by atomic mass is 10.3. The van der Waals surface area contributed by atoms with Crippen molar-refractivity contribution in [1.29, 1.82) is 0 Å². The maximum atomic E-state index is 11.6. The van der Waals surface area contributed by atoms with Gasteiger partial charge in [0.1, 0.15) is 0 Å². The van der Waals surface area contributed by atoms with E-state index in [1.54, 1.807) is 0 Å². The van der Waals surface area contributed by atoms with E-state index in [9.17, 15) is 4.79 Å². The van der Waals surface area contributed by atoms with Crippen molar-refractivity contribution in [3.8, 4) is 11.8 Å². The van der Waals surface area contributed by atoms with E-state index in [0.29, 0.717) is 18.2 Å². The van der Waals surface area contributed by atoms with Crippen LogP contribution in [0, 0.1) is 11.8 Å². The summed E-state index contributed by atoms with van der Waals surface area (Å²) in [5.41, 5.74) is 5.97. The SMILES string of the molecule is NCC#Cc1cc(C(=O)NC2CC2)cs1. The van der Waals surface area contributed by atoms with E-state index in [4.69, 9.17) is 5.73 Å². The predicted molar refractivity (Wildman–Crippen MR) is 60.7 cm³/mol. The average Bonchev–Trinajstić information content (AvgIpc) is 2.92. The number of nitrogens with two attached hydrogens (primary N) is 1. The number of nitrogens with one attached hydrogen (secondary N) is 1. The van der Waals surface area contributed by atoms with Crippen LogP contribution in [0.5, 0.6) is 0 Å². The molecule has 0 spiro atoms. The van der Waals surface area contributed by atoms with Crippen molar-refractivity contribution in [2.24, 2.45) is 5.73 Å². The Hall–Kier alpha value is -1.31. The maximum Gasteiger partial charge on any atom is 0.252 e. The van der Waals surface area contributed by atoms with Gasteiger partial charge in [0, 0.05) is 11.4 Å². The molecule has 0 bridgehead atoms. The minimum atomic E-state index is 0.00884. The highest BCUT2D eigenvalue weighted by Crippen LogP contribution is 2.20. The molecule has 3 nitrogen and oxygen atoms in total. The Morgan fingerprint density at radius 2 is 2.47 bits per heavy atom. The Morgan fingerprint density at radius 3 is 3.13 bits per heavy atom. The van der Waals surface area contributed by atoms with Gasteiger partial charge in [0.15, 0.2) is 0 Å². The van der Waals surface area contributed by atoms with Crippen LogP contribution in [0.1, 0.15) is 28.1 Å². The van der Waals surface area contributed by atoms with Gasteiger partial charge < -0.3 is 11.1 Å². The third kappa shape index (κ3) is 2.82. The number of hydrogen-bond donors (Lipinski definition) is 2. The molecule has 15 heavy (non-hydrogen) atoms. The molecule has 1 saturated carbocycles. The van der Waals surface area contributed by atoms with E-state index in [0.717, 1.165) is 17.7 Å². The van der Waals surface area contributed by atoms with Crippen LogP contribution < -0.4 is 11.1 Å². The van der Waals surface area contributed by atoms with Crippen LogP contribution in [0.3, 0.4) is 0 Å². The first kappa shape index (κ1) is 10.2. The highest BCUT2D eigenvalue weighted by atomic mass is 32.1. The first-order chi connectivity index (χ1) is 7.29. The zero-order chi connectivity index (χ0) is 10.7. The van der Waals surface area contributed by atoms with E-state index < -0.39 is 0 Å². The molecule has 4 heteroatoms. The third-order valence-electron chi connectivity index (χ3n) is 2.09. The number of hydrogen-bond acceptors (Lipinski definition) is 3. The highest BCUT2D eigenvalue weighted by molar-refractivity contribution is 7.10. The van der Waals surface area contributed by atoms with Gasteiger partial charge in [-0.1, -0.05) is 11.8 Å². The van der Waals surface area contributed by atoms with Gasteiger partial charge in [-0.05, 0) is 18.9 Å². The van der Waals surface area contributed by atoms with Crippen molar-refractivity contribution in [1.82, 2.24) is 5.32 Å². The summed E-state index contributed by atoms with van der Waals surface area (Å²) in [7, 11) is 0. The summed E-state index contributed by atoms with van der Waals surface area (Å²) < 4.78 is 0. The van der Waals surface area contributed by atoms with E-state index in [-0.39, 0.29) is 5.91 Å². The van der Waals surface area contributed by atoms with Gasteiger partial charge in [-0.25, -0.2) is 0 Å². The predicted octanol–water partition coefficient (Wildman–Crippen LogP) is 0.950. The Balaban J connectivity index is 2.01. The standard InChI is InChI=1S/C11H12N2OS/c12-5-1-2-10-6-8(7-15-10)11(14)13-9-3-4-9/h6-7,9H,3-5,12H2,(H,13,14). The number of thiophene rings is 1. The molecule has 1 aliphatic rings. The Bertz CT molecular complexity index is 423. The van der Waals surface area contributed by atoms with Crippen LogP contribution in [0.4, 0.5) is 0 Å². The molecule has 0 aromatic carbocycles. The number of carbonyl (C=O) groups excluding carboxylic acids is 1. The van der Waals surface area contributed by atoms with Gasteiger partial charge in [0.05, 0.1) is 17.0 Å². The molecule has 1 amide bonds. The van der Waals surface area contributed by atoms with Crippen LogP contribution in [0.25, 0.3) is 0 Å². The first-order valence-electron chi connectivity index (χ1n) is 4.88. The van der Waals surface area contributed by atoms with Gasteiger partial charge in [-0.3, -0.25) is 4.79 Å². The smallest absolute Gasteiger partial charge is 0.252 e. The molecule has 0 unspecified atom stereocenters. The van der Waals surface area contributed by atoms with Gasteiger partial charge in [0.2, 0.25) is 0 Å². The Labute approximate surface area is 92.7 Å². The number of amides is 1. The molecule has 3 N–H and O–H groups in total. The average molecular weight is 220 g/mol. The summed E-state index contributed by atoms with van der Waals surface area (Å²) in [6.45, 7) is 0.349. The van der Waals surface area contributed by atoms with Crippen LogP contribution >= 0.6 is 11.3 Å². The molecule has 1 heterocycles. The molecule has 1 aliphatic carbocycles.